The van der Waals surface area contributed by atoms with Crippen LogP contribution in [0.4, 0.5) is 9.52 Å². The molecule has 8 heteroatoms. The minimum absolute atomic E-state index is 0.0964. The first kappa shape index (κ1) is 19.8. The van der Waals surface area contributed by atoms with Gasteiger partial charge in [0.2, 0.25) is 0 Å². The lowest BCUT2D eigenvalue weighted by Crippen LogP contribution is -3.14. The van der Waals surface area contributed by atoms with Crippen molar-refractivity contribution in [3.8, 4) is 5.75 Å². The second kappa shape index (κ2) is 9.30. The van der Waals surface area contributed by atoms with E-state index in [1.165, 1.54) is 22.3 Å². The van der Waals surface area contributed by atoms with Crippen molar-refractivity contribution in [1.82, 2.24) is 4.98 Å². The topological polar surface area (TPSA) is 56.1 Å². The number of anilines is 1. The molecule has 0 unspecified atom stereocenters. The van der Waals surface area contributed by atoms with Gasteiger partial charge in [-0.25, -0.2) is 9.37 Å². The van der Waals surface area contributed by atoms with Crippen molar-refractivity contribution in [3.63, 3.8) is 0 Å². The van der Waals surface area contributed by atoms with Crippen LogP contribution in [-0.2, 0) is 9.53 Å². The number of halogens is 1. The predicted octanol–water partition coefficient (Wildman–Crippen LogP) is 1.76. The Morgan fingerprint density at radius 1 is 1.17 bits per heavy atom. The van der Waals surface area contributed by atoms with Crippen molar-refractivity contribution in [3.05, 3.63) is 54.3 Å². The van der Waals surface area contributed by atoms with Crippen molar-refractivity contribution in [2.75, 3.05) is 50.9 Å². The molecule has 0 saturated carbocycles. The number of aromatic nitrogens is 1. The summed E-state index contributed by atoms with van der Waals surface area (Å²) >= 11 is 1.32. The van der Waals surface area contributed by atoms with Crippen molar-refractivity contribution in [2.45, 2.75) is 0 Å². The smallest absolute Gasteiger partial charge is 0.266 e. The minimum atomic E-state index is -0.378. The van der Waals surface area contributed by atoms with Crippen LogP contribution in [-0.4, -0.2) is 56.9 Å². The second-order valence-corrected chi connectivity index (χ2v) is 7.85. The van der Waals surface area contributed by atoms with E-state index in [1.807, 2.05) is 36.4 Å². The molecule has 0 bridgehead atoms. The number of ether oxygens (including phenoxy) is 2. The standard InChI is InChI=1S/C21H22FN3O3S/c22-17-7-4-8-18-20(17)23-21(29-18)25(10-9-24-11-13-27-14-12-24)19(26)15-28-16-5-2-1-3-6-16/h1-8H,9-15H2/p+1. The largest absolute Gasteiger partial charge is 0.484 e. The molecular weight excluding hydrogens is 393 g/mol. The molecule has 6 nitrogen and oxygen atoms in total. The average molecular weight is 416 g/mol. The summed E-state index contributed by atoms with van der Waals surface area (Å²) in [6.07, 6.45) is 0. The van der Waals surface area contributed by atoms with Gasteiger partial charge in [0, 0.05) is 0 Å². The van der Waals surface area contributed by atoms with Gasteiger partial charge in [0.05, 0.1) is 31.0 Å². The van der Waals surface area contributed by atoms with Gasteiger partial charge in [0.1, 0.15) is 30.2 Å². The first-order chi connectivity index (χ1) is 14.2. The number of fused-ring (bicyclic) bond motifs is 1. The van der Waals surface area contributed by atoms with Crippen molar-refractivity contribution in [1.29, 1.82) is 0 Å². The first-order valence-corrected chi connectivity index (χ1v) is 10.5. The van der Waals surface area contributed by atoms with E-state index in [9.17, 15) is 9.18 Å². The Kier molecular flexibility index (Phi) is 6.33. The number of benzene rings is 2. The Morgan fingerprint density at radius 3 is 2.72 bits per heavy atom. The number of thiazole rings is 1. The number of quaternary nitrogens is 1. The number of carbonyl (C=O) groups is 1. The normalized spacial score (nSPS) is 14.8. The van der Waals surface area contributed by atoms with Crippen LogP contribution in [0.2, 0.25) is 0 Å². The maximum Gasteiger partial charge on any atom is 0.266 e. The number of nitrogens with one attached hydrogen (secondary N) is 1. The van der Waals surface area contributed by atoms with Gasteiger partial charge in [-0.15, -0.1) is 0 Å². The van der Waals surface area contributed by atoms with Crippen LogP contribution < -0.4 is 14.5 Å². The van der Waals surface area contributed by atoms with Crippen molar-refractivity contribution >= 4 is 32.6 Å². The lowest BCUT2D eigenvalue weighted by atomic mass is 10.3. The van der Waals surface area contributed by atoms with Gasteiger partial charge >= 0.3 is 0 Å². The highest BCUT2D eigenvalue weighted by atomic mass is 32.1. The second-order valence-electron chi connectivity index (χ2n) is 6.84. The maximum atomic E-state index is 14.1. The fraction of sp³-hybridized carbons (Fsp3) is 0.333. The summed E-state index contributed by atoms with van der Waals surface area (Å²) in [5.41, 5.74) is 0.299. The number of amides is 1. The van der Waals surface area contributed by atoms with E-state index < -0.39 is 0 Å². The zero-order valence-electron chi connectivity index (χ0n) is 16.0. The maximum absolute atomic E-state index is 14.1. The van der Waals surface area contributed by atoms with Crippen molar-refractivity contribution < 1.29 is 23.6 Å². The van der Waals surface area contributed by atoms with Crippen LogP contribution in [0.15, 0.2) is 48.5 Å². The summed E-state index contributed by atoms with van der Waals surface area (Å²) in [4.78, 5) is 20.4. The number of rotatable bonds is 7. The third kappa shape index (κ3) is 4.90. The Labute approximate surface area is 172 Å². The van der Waals surface area contributed by atoms with E-state index in [1.54, 1.807) is 11.0 Å². The van der Waals surface area contributed by atoms with Crippen LogP contribution in [0, 0.1) is 5.82 Å². The van der Waals surface area contributed by atoms with Crippen LogP contribution in [0.1, 0.15) is 0 Å². The summed E-state index contributed by atoms with van der Waals surface area (Å²) in [7, 11) is 0. The lowest BCUT2D eigenvalue weighted by Gasteiger charge is -2.26. The molecule has 1 aliphatic rings. The quantitative estimate of drug-likeness (QED) is 0.638. The highest BCUT2D eigenvalue weighted by molar-refractivity contribution is 7.22. The van der Waals surface area contributed by atoms with E-state index in [2.05, 4.69) is 4.98 Å². The molecule has 1 saturated heterocycles. The van der Waals surface area contributed by atoms with E-state index in [0.29, 0.717) is 22.9 Å². The van der Waals surface area contributed by atoms with Crippen molar-refractivity contribution in [2.24, 2.45) is 0 Å². The molecule has 1 fully saturated rings. The van der Waals surface area contributed by atoms with Gasteiger partial charge in [0.25, 0.3) is 5.91 Å². The molecule has 2 heterocycles. The molecule has 29 heavy (non-hydrogen) atoms. The van der Waals surface area contributed by atoms with Crippen LogP contribution in [0.5, 0.6) is 5.75 Å². The number of hydrogen-bond acceptors (Lipinski definition) is 5. The zero-order valence-corrected chi connectivity index (χ0v) is 16.8. The minimum Gasteiger partial charge on any atom is -0.484 e. The summed E-state index contributed by atoms with van der Waals surface area (Å²) < 4.78 is 25.9. The molecule has 152 valence electrons. The van der Waals surface area contributed by atoms with Gasteiger partial charge in [-0.2, -0.15) is 0 Å². The highest BCUT2D eigenvalue weighted by Crippen LogP contribution is 2.30. The van der Waals surface area contributed by atoms with Gasteiger partial charge in [0.15, 0.2) is 11.7 Å². The van der Waals surface area contributed by atoms with Crippen LogP contribution >= 0.6 is 11.3 Å². The first-order valence-electron chi connectivity index (χ1n) is 9.65. The average Bonchev–Trinajstić information content (AvgIpc) is 3.19. The summed E-state index contributed by atoms with van der Waals surface area (Å²) in [5.74, 6) is 0.0627. The molecule has 3 aromatic rings. The zero-order chi connectivity index (χ0) is 20.1. The number of hydrogen-bond donors (Lipinski definition) is 1. The fourth-order valence-electron chi connectivity index (χ4n) is 3.27. The van der Waals surface area contributed by atoms with Gasteiger partial charge in [-0.1, -0.05) is 35.6 Å². The summed E-state index contributed by atoms with van der Waals surface area (Å²) in [6, 6.07) is 14.1. The highest BCUT2D eigenvalue weighted by Gasteiger charge is 2.24. The van der Waals surface area contributed by atoms with Gasteiger partial charge < -0.3 is 14.4 Å². The van der Waals surface area contributed by atoms with Crippen LogP contribution in [0.3, 0.4) is 0 Å². The third-order valence-electron chi connectivity index (χ3n) is 4.88. The molecule has 1 N–H and O–H groups in total. The predicted molar refractivity (Wildman–Crippen MR) is 110 cm³/mol. The Hall–Kier alpha value is -2.55. The number of morpholine rings is 1. The van der Waals surface area contributed by atoms with Gasteiger partial charge in [-0.3, -0.25) is 9.69 Å². The fourth-order valence-corrected chi connectivity index (χ4v) is 4.29. The molecule has 0 atom stereocenters. The monoisotopic (exact) mass is 416 g/mol. The molecule has 0 spiro atoms. The molecule has 1 aliphatic heterocycles. The molecule has 1 aromatic heterocycles. The molecule has 4 rings (SSSR count). The van der Waals surface area contributed by atoms with Gasteiger partial charge in [-0.05, 0) is 24.3 Å². The molecule has 0 radical (unpaired) electrons. The third-order valence-corrected chi connectivity index (χ3v) is 5.93. The number of para-hydroxylation sites is 2. The molecule has 1 amide bonds. The Bertz CT molecular complexity index is 960. The van der Waals surface area contributed by atoms with E-state index in [-0.39, 0.29) is 18.3 Å². The van der Waals surface area contributed by atoms with E-state index in [4.69, 9.17) is 9.47 Å². The molecular formula is C21H23FN3O3S+. The summed E-state index contributed by atoms with van der Waals surface area (Å²) in [6.45, 7) is 4.46. The molecule has 0 aliphatic carbocycles. The summed E-state index contributed by atoms with van der Waals surface area (Å²) in [5, 5.41) is 0.499. The number of nitrogens with zero attached hydrogens (tertiary/aromatic N) is 2. The lowest BCUT2D eigenvalue weighted by molar-refractivity contribution is -0.906. The SMILES string of the molecule is O=C(COc1ccccc1)N(CC[NH+]1CCOCC1)c1nc2c(F)cccc2s1. The number of carbonyl (C=O) groups excluding carboxylic acids is 1. The Balaban J connectivity index is 1.52. The van der Waals surface area contributed by atoms with Crippen LogP contribution in [0.25, 0.3) is 10.2 Å². The van der Waals surface area contributed by atoms with E-state index >= 15 is 0 Å². The molecule has 2 aromatic carbocycles. The Morgan fingerprint density at radius 2 is 1.97 bits per heavy atom. The van der Waals surface area contributed by atoms with E-state index in [0.717, 1.165) is 37.5 Å².